The molecule has 1 aliphatic carbocycles. The van der Waals surface area contributed by atoms with Crippen LogP contribution in [0.1, 0.15) is 33.6 Å². The number of alkyl carbamates (subject to hydrolysis) is 1. The van der Waals surface area contributed by atoms with Crippen LogP contribution in [0.4, 0.5) is 10.5 Å². The lowest BCUT2D eigenvalue weighted by Crippen LogP contribution is -2.43. The Morgan fingerprint density at radius 1 is 1.36 bits per heavy atom. The maximum Gasteiger partial charge on any atom is 0.419 e. The van der Waals surface area contributed by atoms with Crippen molar-refractivity contribution < 1.29 is 13.9 Å². The number of benzene rings is 1. The smallest absolute Gasteiger partial charge is 0.419 e. The van der Waals surface area contributed by atoms with Crippen LogP contribution >= 0.6 is 0 Å². The van der Waals surface area contributed by atoms with Crippen LogP contribution < -0.4 is 16.4 Å². The van der Waals surface area contributed by atoms with Crippen molar-refractivity contribution in [3.05, 3.63) is 28.7 Å². The van der Waals surface area contributed by atoms with Gasteiger partial charge in [-0.15, -0.1) is 0 Å². The number of amides is 1. The van der Waals surface area contributed by atoms with Gasteiger partial charge in [0, 0.05) is 25.3 Å². The summed E-state index contributed by atoms with van der Waals surface area (Å²) < 4.78 is 11.9. The van der Waals surface area contributed by atoms with Crippen LogP contribution in [0.3, 0.4) is 0 Å². The van der Waals surface area contributed by atoms with E-state index in [-0.39, 0.29) is 11.8 Å². The third-order valence-corrected chi connectivity index (χ3v) is 4.33. The van der Waals surface area contributed by atoms with Crippen LogP contribution in [-0.2, 0) is 11.8 Å². The lowest BCUT2D eigenvalue weighted by atomic mass is 9.80. The molecule has 0 spiro atoms. The molecule has 0 aliphatic heterocycles. The molecule has 1 saturated carbocycles. The quantitative estimate of drug-likeness (QED) is 0.888. The summed E-state index contributed by atoms with van der Waals surface area (Å²) >= 11 is 0. The number of carbonyl (C=O) groups is 1. The van der Waals surface area contributed by atoms with E-state index in [4.69, 9.17) is 9.15 Å². The molecular formula is C18H25N3O4. The van der Waals surface area contributed by atoms with Gasteiger partial charge in [0.2, 0.25) is 0 Å². The first-order valence-corrected chi connectivity index (χ1v) is 8.54. The molecule has 3 rings (SSSR count). The SMILES string of the molecule is Cn1c(=O)oc2ccc(NC3CC(CNC(=O)OC(C)(C)C)C3)cc21. The maximum absolute atomic E-state index is 11.6. The van der Waals surface area contributed by atoms with E-state index < -0.39 is 5.60 Å². The number of rotatable bonds is 4. The van der Waals surface area contributed by atoms with Crippen molar-refractivity contribution in [1.82, 2.24) is 9.88 Å². The van der Waals surface area contributed by atoms with E-state index in [9.17, 15) is 9.59 Å². The maximum atomic E-state index is 11.6. The van der Waals surface area contributed by atoms with Gasteiger partial charge in [-0.1, -0.05) is 0 Å². The molecule has 7 heteroatoms. The molecule has 2 aromatic rings. The van der Waals surface area contributed by atoms with Crippen molar-refractivity contribution in [2.45, 2.75) is 45.3 Å². The summed E-state index contributed by atoms with van der Waals surface area (Å²) in [4.78, 5) is 23.2. The number of aryl methyl sites for hydroxylation is 1. The van der Waals surface area contributed by atoms with E-state index in [1.807, 2.05) is 32.9 Å². The fourth-order valence-electron chi connectivity index (χ4n) is 3.01. The van der Waals surface area contributed by atoms with Gasteiger partial charge in [-0.3, -0.25) is 4.57 Å². The Morgan fingerprint density at radius 3 is 2.76 bits per heavy atom. The van der Waals surface area contributed by atoms with Crippen molar-refractivity contribution >= 4 is 22.9 Å². The van der Waals surface area contributed by atoms with Crippen LogP contribution in [0.2, 0.25) is 0 Å². The van der Waals surface area contributed by atoms with Gasteiger partial charge in [-0.2, -0.15) is 0 Å². The second-order valence-corrected chi connectivity index (χ2v) is 7.67. The molecule has 1 aliphatic rings. The molecule has 1 heterocycles. The number of oxazole rings is 1. The van der Waals surface area contributed by atoms with Gasteiger partial charge < -0.3 is 19.8 Å². The molecule has 7 nitrogen and oxygen atoms in total. The van der Waals surface area contributed by atoms with Crippen LogP contribution in [0.5, 0.6) is 0 Å². The number of nitrogens with zero attached hydrogens (tertiary/aromatic N) is 1. The van der Waals surface area contributed by atoms with Gasteiger partial charge in [-0.05, 0) is 57.7 Å². The predicted octanol–water partition coefficient (Wildman–Crippen LogP) is 2.85. The van der Waals surface area contributed by atoms with Crippen LogP contribution in [-0.4, -0.2) is 28.8 Å². The molecule has 1 amide bonds. The highest BCUT2D eigenvalue weighted by atomic mass is 16.6. The topological polar surface area (TPSA) is 85.5 Å². The number of nitrogens with one attached hydrogen (secondary N) is 2. The average molecular weight is 347 g/mol. The predicted molar refractivity (Wildman–Crippen MR) is 95.8 cm³/mol. The highest BCUT2D eigenvalue weighted by Gasteiger charge is 2.29. The zero-order valence-corrected chi connectivity index (χ0v) is 15.1. The summed E-state index contributed by atoms with van der Waals surface area (Å²) in [5, 5.41) is 6.28. The second-order valence-electron chi connectivity index (χ2n) is 7.67. The normalized spacial score (nSPS) is 20.2. The summed E-state index contributed by atoms with van der Waals surface area (Å²) in [6.45, 7) is 6.18. The molecule has 1 aromatic carbocycles. The lowest BCUT2D eigenvalue weighted by molar-refractivity contribution is 0.0508. The first kappa shape index (κ1) is 17.4. The monoisotopic (exact) mass is 347 g/mol. The second kappa shape index (κ2) is 6.46. The minimum atomic E-state index is -0.473. The Labute approximate surface area is 146 Å². The fourth-order valence-corrected chi connectivity index (χ4v) is 3.01. The molecule has 2 N–H and O–H groups in total. The minimum Gasteiger partial charge on any atom is -0.444 e. The number of fused-ring (bicyclic) bond motifs is 1. The van der Waals surface area contributed by atoms with Crippen molar-refractivity contribution in [2.75, 3.05) is 11.9 Å². The van der Waals surface area contributed by atoms with Crippen molar-refractivity contribution in [1.29, 1.82) is 0 Å². The average Bonchev–Trinajstić information content (AvgIpc) is 2.74. The Kier molecular flexibility index (Phi) is 4.49. The van der Waals surface area contributed by atoms with E-state index in [0.29, 0.717) is 24.1 Å². The zero-order chi connectivity index (χ0) is 18.2. The van der Waals surface area contributed by atoms with E-state index in [1.165, 1.54) is 4.57 Å². The van der Waals surface area contributed by atoms with Crippen molar-refractivity contribution in [2.24, 2.45) is 13.0 Å². The Bertz CT molecular complexity index is 825. The molecule has 136 valence electrons. The van der Waals surface area contributed by atoms with Crippen LogP contribution in [0.15, 0.2) is 27.4 Å². The summed E-state index contributed by atoms with van der Waals surface area (Å²) in [5.41, 5.74) is 1.86. The number of hydrogen-bond acceptors (Lipinski definition) is 5. The molecule has 0 bridgehead atoms. The summed E-state index contributed by atoms with van der Waals surface area (Å²) in [6, 6.07) is 6.01. The van der Waals surface area contributed by atoms with Gasteiger partial charge >= 0.3 is 11.8 Å². The van der Waals surface area contributed by atoms with Gasteiger partial charge in [0.25, 0.3) is 0 Å². The zero-order valence-electron chi connectivity index (χ0n) is 15.1. The minimum absolute atomic E-state index is 0.357. The van der Waals surface area contributed by atoms with Gasteiger partial charge in [0.05, 0.1) is 5.52 Å². The van der Waals surface area contributed by atoms with E-state index in [1.54, 1.807) is 13.1 Å². The van der Waals surface area contributed by atoms with E-state index in [0.717, 1.165) is 24.0 Å². The number of carbonyl (C=O) groups excluding carboxylic acids is 1. The molecule has 25 heavy (non-hydrogen) atoms. The fraction of sp³-hybridized carbons (Fsp3) is 0.556. The molecule has 0 radical (unpaired) electrons. The largest absolute Gasteiger partial charge is 0.444 e. The van der Waals surface area contributed by atoms with E-state index in [2.05, 4.69) is 10.6 Å². The third-order valence-electron chi connectivity index (χ3n) is 4.33. The first-order valence-electron chi connectivity index (χ1n) is 8.54. The molecule has 1 aromatic heterocycles. The highest BCUT2D eigenvalue weighted by molar-refractivity contribution is 5.77. The van der Waals surface area contributed by atoms with Crippen molar-refractivity contribution in [3.8, 4) is 0 Å². The Balaban J connectivity index is 1.47. The van der Waals surface area contributed by atoms with Gasteiger partial charge in [0.15, 0.2) is 5.58 Å². The lowest BCUT2D eigenvalue weighted by Gasteiger charge is -2.36. The third kappa shape index (κ3) is 4.15. The van der Waals surface area contributed by atoms with Gasteiger partial charge in [-0.25, -0.2) is 9.59 Å². The Morgan fingerprint density at radius 2 is 2.08 bits per heavy atom. The molecular weight excluding hydrogens is 322 g/mol. The highest BCUT2D eigenvalue weighted by Crippen LogP contribution is 2.30. The summed E-state index contributed by atoms with van der Waals surface area (Å²) in [5.74, 6) is 0.0936. The number of hydrogen-bond donors (Lipinski definition) is 2. The first-order chi connectivity index (χ1) is 11.7. The van der Waals surface area contributed by atoms with Crippen molar-refractivity contribution in [3.63, 3.8) is 0 Å². The van der Waals surface area contributed by atoms with E-state index >= 15 is 0 Å². The van der Waals surface area contributed by atoms with Crippen LogP contribution in [0.25, 0.3) is 11.1 Å². The number of aromatic nitrogens is 1. The summed E-state index contributed by atoms with van der Waals surface area (Å²) in [6.07, 6.45) is 1.60. The van der Waals surface area contributed by atoms with Crippen LogP contribution in [0, 0.1) is 5.92 Å². The van der Waals surface area contributed by atoms with Gasteiger partial charge in [0.1, 0.15) is 5.60 Å². The molecule has 1 fully saturated rings. The standard InChI is InChI=1S/C18H25N3O4/c1-18(2,3)25-16(22)19-10-11-7-13(8-11)20-12-5-6-15-14(9-12)21(4)17(23)24-15/h5-6,9,11,13,20H,7-8,10H2,1-4H3,(H,19,22). The molecule has 0 unspecified atom stereocenters. The number of anilines is 1. The molecule has 0 atom stereocenters. The number of ether oxygens (including phenoxy) is 1. The summed E-state index contributed by atoms with van der Waals surface area (Å²) in [7, 11) is 1.69. The molecule has 0 saturated heterocycles. The Hall–Kier alpha value is -2.44.